The second kappa shape index (κ2) is 10.8. The third-order valence-electron chi connectivity index (χ3n) is 7.16. The fraction of sp³-hybridized carbons (Fsp3) is 0.630. The maximum Gasteiger partial charge on any atom is 0.338 e. The topological polar surface area (TPSA) is 71.1 Å². The number of rotatable bonds is 10. The number of hydrogen-bond donors (Lipinski definition) is 0. The first kappa shape index (κ1) is 24.0. The monoisotopic (exact) mass is 456 g/mol. The van der Waals surface area contributed by atoms with Crippen LogP contribution >= 0.6 is 0 Å². The summed E-state index contributed by atoms with van der Waals surface area (Å²) in [7, 11) is 0. The summed E-state index contributed by atoms with van der Waals surface area (Å²) in [5.41, 5.74) is 1.89. The number of carbonyl (C=O) groups excluding carboxylic acids is 2. The highest BCUT2D eigenvalue weighted by atomic mass is 16.7. The fourth-order valence-electron chi connectivity index (χ4n) is 5.50. The van der Waals surface area contributed by atoms with Crippen molar-refractivity contribution in [3.05, 3.63) is 47.5 Å². The fourth-order valence-corrected chi connectivity index (χ4v) is 5.50. The van der Waals surface area contributed by atoms with Gasteiger partial charge >= 0.3 is 11.9 Å². The largest absolute Gasteiger partial charge is 0.462 e. The molecule has 2 saturated heterocycles. The molecule has 4 atom stereocenters. The van der Waals surface area contributed by atoms with Crippen molar-refractivity contribution in [1.29, 1.82) is 0 Å². The Morgan fingerprint density at radius 1 is 1.12 bits per heavy atom. The van der Waals surface area contributed by atoms with Crippen LogP contribution < -0.4 is 0 Å². The Morgan fingerprint density at radius 3 is 2.61 bits per heavy atom. The van der Waals surface area contributed by atoms with Crippen LogP contribution in [0.15, 0.2) is 42.0 Å². The van der Waals surface area contributed by atoms with Gasteiger partial charge in [-0.25, -0.2) is 4.79 Å². The van der Waals surface area contributed by atoms with Gasteiger partial charge in [-0.1, -0.05) is 29.8 Å². The molecule has 0 radical (unpaired) electrons. The molecule has 6 nitrogen and oxygen atoms in total. The molecule has 0 amide bonds. The highest BCUT2D eigenvalue weighted by molar-refractivity contribution is 5.89. The molecule has 180 valence electrons. The van der Waals surface area contributed by atoms with Crippen LogP contribution in [-0.2, 0) is 23.7 Å². The maximum absolute atomic E-state index is 12.7. The third-order valence-corrected chi connectivity index (χ3v) is 7.16. The molecule has 3 fully saturated rings. The summed E-state index contributed by atoms with van der Waals surface area (Å²) in [6.45, 7) is 5.47. The average molecular weight is 457 g/mol. The molecule has 0 aromatic heterocycles. The molecule has 0 N–H and O–H groups in total. The number of carbonyl (C=O) groups is 2. The minimum atomic E-state index is -0.569. The lowest BCUT2D eigenvalue weighted by Gasteiger charge is -2.31. The van der Waals surface area contributed by atoms with Crippen LogP contribution in [0.25, 0.3) is 0 Å². The molecule has 0 spiro atoms. The van der Waals surface area contributed by atoms with Gasteiger partial charge in [0.2, 0.25) is 0 Å². The van der Waals surface area contributed by atoms with Crippen molar-refractivity contribution >= 4 is 11.9 Å². The first-order valence-electron chi connectivity index (χ1n) is 12.3. The highest BCUT2D eigenvalue weighted by Gasteiger charge is 2.52. The zero-order valence-corrected chi connectivity index (χ0v) is 19.8. The standard InChI is InChI=1S/C27H36O6/c1-19(2)9-5-4-8-13-27(30-15-16-31-27)14-12-21-22-17-25(28)32-24(22)18-23(21)33-26(29)20-10-6-3-7-11-20/h3,6-7,9-11,21-24H,4-5,8,12-18H2,1-2H3/t21-,22?,23?,24?/m1/s1. The summed E-state index contributed by atoms with van der Waals surface area (Å²) in [5, 5.41) is 0. The second-order valence-electron chi connectivity index (χ2n) is 9.78. The number of esters is 2. The summed E-state index contributed by atoms with van der Waals surface area (Å²) < 4.78 is 23.7. The van der Waals surface area contributed by atoms with E-state index in [9.17, 15) is 9.59 Å². The SMILES string of the molecule is CC(C)=CCCCCC1(CC[C@H]2C(OC(=O)c3ccccc3)CC3OC(=O)CC32)OCCO1. The second-order valence-corrected chi connectivity index (χ2v) is 9.78. The summed E-state index contributed by atoms with van der Waals surface area (Å²) in [5.74, 6) is -0.892. The van der Waals surface area contributed by atoms with Gasteiger partial charge in [0.1, 0.15) is 12.2 Å². The minimum Gasteiger partial charge on any atom is -0.462 e. The average Bonchev–Trinajstić information content (AvgIpc) is 3.48. The molecule has 33 heavy (non-hydrogen) atoms. The molecular formula is C27H36O6. The normalized spacial score (nSPS) is 27.8. The lowest BCUT2D eigenvalue weighted by atomic mass is 9.86. The molecule has 6 heteroatoms. The molecule has 1 saturated carbocycles. The lowest BCUT2D eigenvalue weighted by molar-refractivity contribution is -0.171. The van der Waals surface area contributed by atoms with Gasteiger partial charge in [0.05, 0.1) is 25.2 Å². The van der Waals surface area contributed by atoms with Crippen LogP contribution in [0.1, 0.15) is 75.6 Å². The van der Waals surface area contributed by atoms with E-state index in [1.165, 1.54) is 5.57 Å². The molecule has 1 aliphatic carbocycles. The van der Waals surface area contributed by atoms with Crippen LogP contribution in [0.5, 0.6) is 0 Å². The van der Waals surface area contributed by atoms with Gasteiger partial charge in [-0.15, -0.1) is 0 Å². The maximum atomic E-state index is 12.7. The molecule has 0 bridgehead atoms. The van der Waals surface area contributed by atoms with Crippen molar-refractivity contribution in [3.8, 4) is 0 Å². The lowest BCUT2D eigenvalue weighted by Crippen LogP contribution is -2.33. The third kappa shape index (κ3) is 6.04. The van der Waals surface area contributed by atoms with Crippen molar-refractivity contribution in [1.82, 2.24) is 0 Å². The Morgan fingerprint density at radius 2 is 1.88 bits per heavy atom. The van der Waals surface area contributed by atoms with Gasteiger partial charge < -0.3 is 18.9 Å². The van der Waals surface area contributed by atoms with Crippen molar-refractivity contribution in [2.75, 3.05) is 13.2 Å². The predicted octanol–water partition coefficient (Wildman–Crippen LogP) is 5.21. The first-order chi connectivity index (χ1) is 16.0. The van der Waals surface area contributed by atoms with Crippen molar-refractivity contribution in [2.45, 2.75) is 83.2 Å². The van der Waals surface area contributed by atoms with Gasteiger partial charge in [-0.05, 0) is 51.7 Å². The molecular weight excluding hydrogens is 420 g/mol. The van der Waals surface area contributed by atoms with E-state index in [2.05, 4.69) is 19.9 Å². The number of hydrogen-bond acceptors (Lipinski definition) is 6. The first-order valence-corrected chi connectivity index (χ1v) is 12.3. The van der Waals surface area contributed by atoms with E-state index in [0.717, 1.165) is 38.5 Å². The van der Waals surface area contributed by atoms with Crippen molar-refractivity contribution in [2.24, 2.45) is 11.8 Å². The van der Waals surface area contributed by atoms with E-state index in [4.69, 9.17) is 18.9 Å². The Hall–Kier alpha value is -2.18. The Balaban J connectivity index is 1.38. The van der Waals surface area contributed by atoms with E-state index in [1.54, 1.807) is 12.1 Å². The smallest absolute Gasteiger partial charge is 0.338 e. The highest BCUT2D eigenvalue weighted by Crippen LogP contribution is 2.46. The van der Waals surface area contributed by atoms with Crippen molar-refractivity contribution in [3.63, 3.8) is 0 Å². The van der Waals surface area contributed by atoms with Gasteiger partial charge in [0.25, 0.3) is 0 Å². The Bertz CT molecular complexity index is 837. The zero-order chi connectivity index (χ0) is 23.3. The van der Waals surface area contributed by atoms with Gasteiger partial charge in [-0.3, -0.25) is 4.79 Å². The number of benzene rings is 1. The molecule has 3 aliphatic rings. The predicted molar refractivity (Wildman–Crippen MR) is 124 cm³/mol. The van der Waals surface area contributed by atoms with Gasteiger partial charge in [0.15, 0.2) is 5.79 Å². The van der Waals surface area contributed by atoms with E-state index < -0.39 is 5.79 Å². The summed E-state index contributed by atoms with van der Waals surface area (Å²) in [6.07, 6.45) is 8.37. The van der Waals surface area contributed by atoms with E-state index in [1.807, 2.05) is 18.2 Å². The van der Waals surface area contributed by atoms with Crippen LogP contribution in [0.2, 0.25) is 0 Å². The minimum absolute atomic E-state index is 0.0597. The van der Waals surface area contributed by atoms with Crippen LogP contribution in [0, 0.1) is 11.8 Å². The van der Waals surface area contributed by atoms with E-state index in [0.29, 0.717) is 31.6 Å². The molecule has 1 aromatic carbocycles. The molecule has 1 aromatic rings. The Labute approximate surface area is 196 Å². The number of allylic oxidation sites excluding steroid dienone is 2. The summed E-state index contributed by atoms with van der Waals surface area (Å²) in [6, 6.07) is 9.06. The number of ether oxygens (including phenoxy) is 4. The molecule has 3 unspecified atom stereocenters. The number of unbranched alkanes of at least 4 members (excludes halogenated alkanes) is 2. The van der Waals surface area contributed by atoms with Crippen LogP contribution in [-0.4, -0.2) is 43.1 Å². The summed E-state index contributed by atoms with van der Waals surface area (Å²) >= 11 is 0. The van der Waals surface area contributed by atoms with Crippen molar-refractivity contribution < 1.29 is 28.5 Å². The zero-order valence-electron chi connectivity index (χ0n) is 19.8. The quantitative estimate of drug-likeness (QED) is 0.273. The Kier molecular flexibility index (Phi) is 7.86. The molecule has 2 heterocycles. The van der Waals surface area contributed by atoms with E-state index in [-0.39, 0.29) is 36.0 Å². The molecule has 2 aliphatic heterocycles. The van der Waals surface area contributed by atoms with Gasteiger partial charge in [-0.2, -0.15) is 0 Å². The number of fused-ring (bicyclic) bond motifs is 1. The van der Waals surface area contributed by atoms with Crippen LogP contribution in [0.4, 0.5) is 0 Å². The summed E-state index contributed by atoms with van der Waals surface area (Å²) in [4.78, 5) is 24.7. The molecule has 4 rings (SSSR count). The van der Waals surface area contributed by atoms with E-state index >= 15 is 0 Å². The van der Waals surface area contributed by atoms with Crippen LogP contribution in [0.3, 0.4) is 0 Å². The van der Waals surface area contributed by atoms with Gasteiger partial charge in [0, 0.05) is 31.1 Å².